The van der Waals surface area contributed by atoms with Crippen LogP contribution in [0.3, 0.4) is 0 Å². The first-order chi connectivity index (χ1) is 16.7. The molecule has 8 heteroatoms. The van der Waals surface area contributed by atoms with Gasteiger partial charge in [-0.05, 0) is 49.2 Å². The van der Waals surface area contributed by atoms with Crippen LogP contribution in [-0.2, 0) is 20.8 Å². The largest absolute Gasteiger partial charge is 0.344 e. The maximum absolute atomic E-state index is 13.4. The maximum atomic E-state index is 13.4. The van der Waals surface area contributed by atoms with Crippen LogP contribution in [0.15, 0.2) is 78.9 Å². The minimum absolute atomic E-state index is 0.149. The number of rotatable bonds is 9. The zero-order chi connectivity index (χ0) is 25.4. The summed E-state index contributed by atoms with van der Waals surface area (Å²) in [5.41, 5.74) is 1.57. The summed E-state index contributed by atoms with van der Waals surface area (Å²) in [5.74, 6) is -3.00. The fourth-order valence-electron chi connectivity index (χ4n) is 3.70. The lowest BCUT2D eigenvalue weighted by Gasteiger charge is -2.31. The van der Waals surface area contributed by atoms with Crippen LogP contribution in [0.25, 0.3) is 0 Å². The van der Waals surface area contributed by atoms with Gasteiger partial charge in [0.05, 0.1) is 12.5 Å². The molecule has 0 aliphatic rings. The lowest BCUT2D eigenvalue weighted by atomic mass is 10.1. The first-order valence-electron chi connectivity index (χ1n) is 11.2. The van der Waals surface area contributed by atoms with Crippen LogP contribution >= 0.6 is 0 Å². The van der Waals surface area contributed by atoms with Gasteiger partial charge in [-0.15, -0.1) is 0 Å². The SMILES string of the molecule is C[C@H](NC(=O)Cc1cc(F)cc(F)c1)C(=O)N(CC(=O)Nc1ccccc1)[C@@H](C)c1ccccc1. The van der Waals surface area contributed by atoms with E-state index in [0.717, 1.165) is 23.8 Å². The summed E-state index contributed by atoms with van der Waals surface area (Å²) < 4.78 is 26.9. The van der Waals surface area contributed by atoms with Crippen LogP contribution in [0.1, 0.15) is 31.0 Å². The predicted octanol–water partition coefficient (Wildman–Crippen LogP) is 4.24. The zero-order valence-electron chi connectivity index (χ0n) is 19.5. The van der Waals surface area contributed by atoms with E-state index in [1.165, 1.54) is 11.8 Å². The second-order valence-corrected chi connectivity index (χ2v) is 8.21. The summed E-state index contributed by atoms with van der Waals surface area (Å²) >= 11 is 0. The topological polar surface area (TPSA) is 78.5 Å². The Labute approximate surface area is 203 Å². The van der Waals surface area contributed by atoms with Gasteiger partial charge in [-0.1, -0.05) is 48.5 Å². The van der Waals surface area contributed by atoms with Gasteiger partial charge in [0, 0.05) is 11.8 Å². The van der Waals surface area contributed by atoms with Crippen molar-refractivity contribution >= 4 is 23.4 Å². The monoisotopic (exact) mass is 479 g/mol. The second kappa shape index (κ2) is 11.9. The number of hydrogen-bond donors (Lipinski definition) is 2. The molecular weight excluding hydrogens is 452 g/mol. The summed E-state index contributed by atoms with van der Waals surface area (Å²) in [4.78, 5) is 40.0. The van der Waals surface area contributed by atoms with Crippen LogP contribution in [-0.4, -0.2) is 35.2 Å². The van der Waals surface area contributed by atoms with Crippen LogP contribution in [0, 0.1) is 11.6 Å². The Bertz CT molecular complexity index is 1150. The average molecular weight is 480 g/mol. The average Bonchev–Trinajstić information content (AvgIpc) is 2.82. The smallest absolute Gasteiger partial charge is 0.245 e. The first-order valence-corrected chi connectivity index (χ1v) is 11.2. The Hall–Kier alpha value is -4.07. The van der Waals surface area contributed by atoms with Gasteiger partial charge in [0.2, 0.25) is 17.7 Å². The van der Waals surface area contributed by atoms with Crippen molar-refractivity contribution in [1.82, 2.24) is 10.2 Å². The molecule has 0 spiro atoms. The van der Waals surface area contributed by atoms with E-state index in [2.05, 4.69) is 10.6 Å². The number of anilines is 1. The summed E-state index contributed by atoms with van der Waals surface area (Å²) in [6, 6.07) is 19.5. The van der Waals surface area contributed by atoms with E-state index in [4.69, 9.17) is 0 Å². The maximum Gasteiger partial charge on any atom is 0.245 e. The molecule has 0 aliphatic heterocycles. The van der Waals surface area contributed by atoms with E-state index in [1.54, 1.807) is 31.2 Å². The van der Waals surface area contributed by atoms with Gasteiger partial charge in [-0.25, -0.2) is 8.78 Å². The van der Waals surface area contributed by atoms with Crippen LogP contribution in [0.4, 0.5) is 14.5 Å². The Morgan fingerprint density at radius 3 is 2.00 bits per heavy atom. The molecular formula is C27H27F2N3O3. The van der Waals surface area contributed by atoms with E-state index in [9.17, 15) is 23.2 Å². The summed E-state index contributed by atoms with van der Waals surface area (Å²) in [6.07, 6.45) is -0.297. The summed E-state index contributed by atoms with van der Waals surface area (Å²) in [7, 11) is 0. The highest BCUT2D eigenvalue weighted by Gasteiger charge is 2.28. The number of hydrogen-bond acceptors (Lipinski definition) is 3. The molecule has 2 N–H and O–H groups in total. The number of amides is 3. The van der Waals surface area contributed by atoms with Crippen molar-refractivity contribution in [3.63, 3.8) is 0 Å². The van der Waals surface area contributed by atoms with Crippen molar-refractivity contribution in [2.45, 2.75) is 32.4 Å². The second-order valence-electron chi connectivity index (χ2n) is 8.21. The molecule has 0 saturated heterocycles. The third-order valence-electron chi connectivity index (χ3n) is 5.44. The molecule has 3 aromatic carbocycles. The van der Waals surface area contributed by atoms with Crippen molar-refractivity contribution in [3.8, 4) is 0 Å². The van der Waals surface area contributed by atoms with E-state index < -0.39 is 35.5 Å². The molecule has 0 bridgehead atoms. The molecule has 0 unspecified atom stereocenters. The molecule has 35 heavy (non-hydrogen) atoms. The van der Waals surface area contributed by atoms with Crippen molar-refractivity contribution in [2.75, 3.05) is 11.9 Å². The number of carbonyl (C=O) groups is 3. The summed E-state index contributed by atoms with van der Waals surface area (Å²) in [6.45, 7) is 3.07. The molecule has 2 atom stereocenters. The van der Waals surface area contributed by atoms with Gasteiger partial charge < -0.3 is 15.5 Å². The quantitative estimate of drug-likeness (QED) is 0.482. The molecule has 3 amide bonds. The molecule has 0 aromatic heterocycles. The number of nitrogens with one attached hydrogen (secondary N) is 2. The highest BCUT2D eigenvalue weighted by molar-refractivity contribution is 5.96. The number of carbonyl (C=O) groups excluding carboxylic acids is 3. The normalized spacial score (nSPS) is 12.3. The lowest BCUT2D eigenvalue weighted by molar-refractivity contribution is -0.140. The fraction of sp³-hybridized carbons (Fsp3) is 0.222. The molecule has 3 rings (SSSR count). The van der Waals surface area contributed by atoms with Gasteiger partial charge >= 0.3 is 0 Å². The first kappa shape index (κ1) is 25.6. The van der Waals surface area contributed by atoms with E-state index in [-0.39, 0.29) is 24.4 Å². The lowest BCUT2D eigenvalue weighted by Crippen LogP contribution is -2.50. The van der Waals surface area contributed by atoms with Gasteiger partial charge in [-0.3, -0.25) is 14.4 Å². The molecule has 0 aliphatic carbocycles. The molecule has 182 valence electrons. The fourth-order valence-corrected chi connectivity index (χ4v) is 3.70. The number of halogens is 2. The van der Waals surface area contributed by atoms with Crippen LogP contribution in [0.2, 0.25) is 0 Å². The molecule has 0 heterocycles. The Kier molecular flexibility index (Phi) is 8.67. The Balaban J connectivity index is 1.72. The third-order valence-corrected chi connectivity index (χ3v) is 5.44. The summed E-state index contributed by atoms with van der Waals surface area (Å²) in [5, 5.41) is 5.34. The highest BCUT2D eigenvalue weighted by Crippen LogP contribution is 2.21. The van der Waals surface area contributed by atoms with Crippen molar-refractivity contribution in [1.29, 1.82) is 0 Å². The van der Waals surface area contributed by atoms with Crippen LogP contribution in [0.5, 0.6) is 0 Å². The Morgan fingerprint density at radius 1 is 0.829 bits per heavy atom. The minimum Gasteiger partial charge on any atom is -0.344 e. The minimum atomic E-state index is -0.975. The Morgan fingerprint density at radius 2 is 1.40 bits per heavy atom. The van der Waals surface area contributed by atoms with E-state index in [0.29, 0.717) is 5.69 Å². The van der Waals surface area contributed by atoms with Crippen molar-refractivity contribution < 1.29 is 23.2 Å². The highest BCUT2D eigenvalue weighted by atomic mass is 19.1. The van der Waals surface area contributed by atoms with E-state index in [1.807, 2.05) is 36.4 Å². The number of benzene rings is 3. The van der Waals surface area contributed by atoms with Gasteiger partial charge in [-0.2, -0.15) is 0 Å². The zero-order valence-corrected chi connectivity index (χ0v) is 19.5. The number of para-hydroxylation sites is 1. The van der Waals surface area contributed by atoms with Gasteiger partial charge in [0.15, 0.2) is 0 Å². The molecule has 6 nitrogen and oxygen atoms in total. The van der Waals surface area contributed by atoms with Crippen molar-refractivity contribution in [2.24, 2.45) is 0 Å². The molecule has 0 fully saturated rings. The van der Waals surface area contributed by atoms with Crippen molar-refractivity contribution in [3.05, 3.63) is 102 Å². The standard InChI is InChI=1S/C27H27F2N3O3/c1-18(30-25(33)15-20-13-22(28)16-23(29)14-20)27(35)32(19(2)21-9-5-3-6-10-21)17-26(34)31-24-11-7-4-8-12-24/h3-14,16,18-19H,15,17H2,1-2H3,(H,30,33)(H,31,34)/t18-,19-/m0/s1. The van der Waals surface area contributed by atoms with Gasteiger partial charge in [0.25, 0.3) is 0 Å². The molecule has 0 radical (unpaired) electrons. The van der Waals surface area contributed by atoms with Gasteiger partial charge in [0.1, 0.15) is 24.2 Å². The number of nitrogens with zero attached hydrogens (tertiary/aromatic N) is 1. The molecule has 3 aromatic rings. The third kappa shape index (κ3) is 7.46. The molecule has 0 saturated carbocycles. The predicted molar refractivity (Wildman–Crippen MR) is 129 cm³/mol. The van der Waals surface area contributed by atoms with E-state index >= 15 is 0 Å². The van der Waals surface area contributed by atoms with Crippen LogP contribution < -0.4 is 10.6 Å².